The standard InChI is InChI=1S/C18H21FN4O2/c1-11(2)25-16-7-12(3-4-14(16)19)18(20)15-8-17(22-10-21-15)23-6-5-13(24)9-23/h3-4,7-8,10-11,13,20,24H,5-6,9H2,1-2H3. The van der Waals surface area contributed by atoms with E-state index in [0.717, 1.165) is 0 Å². The van der Waals surface area contributed by atoms with Gasteiger partial charge in [0.25, 0.3) is 0 Å². The lowest BCUT2D eigenvalue weighted by Gasteiger charge is -2.17. The second kappa shape index (κ2) is 7.14. The van der Waals surface area contributed by atoms with Gasteiger partial charge in [-0.15, -0.1) is 0 Å². The van der Waals surface area contributed by atoms with Gasteiger partial charge in [0.05, 0.1) is 23.6 Å². The van der Waals surface area contributed by atoms with E-state index < -0.39 is 5.82 Å². The van der Waals surface area contributed by atoms with Gasteiger partial charge in [0.2, 0.25) is 0 Å². The third-order valence-electron chi connectivity index (χ3n) is 3.98. The highest BCUT2D eigenvalue weighted by Crippen LogP contribution is 2.23. The second-order valence-electron chi connectivity index (χ2n) is 6.34. The second-order valence-corrected chi connectivity index (χ2v) is 6.34. The van der Waals surface area contributed by atoms with Crippen LogP contribution in [0, 0.1) is 11.2 Å². The molecule has 1 unspecified atom stereocenters. The molecule has 0 aliphatic carbocycles. The van der Waals surface area contributed by atoms with Gasteiger partial charge in [-0.1, -0.05) is 0 Å². The number of benzene rings is 1. The number of aliphatic hydroxyl groups is 1. The smallest absolute Gasteiger partial charge is 0.165 e. The zero-order valence-electron chi connectivity index (χ0n) is 14.2. The van der Waals surface area contributed by atoms with Crippen LogP contribution in [0.15, 0.2) is 30.6 Å². The zero-order valence-corrected chi connectivity index (χ0v) is 14.2. The molecule has 2 N–H and O–H groups in total. The van der Waals surface area contributed by atoms with Crippen LogP contribution in [0.3, 0.4) is 0 Å². The molecule has 6 nitrogen and oxygen atoms in total. The summed E-state index contributed by atoms with van der Waals surface area (Å²) in [4.78, 5) is 10.3. The molecule has 1 atom stereocenters. The Balaban J connectivity index is 1.86. The molecule has 0 bridgehead atoms. The lowest BCUT2D eigenvalue weighted by molar-refractivity contribution is 0.198. The molecule has 25 heavy (non-hydrogen) atoms. The van der Waals surface area contributed by atoms with Crippen LogP contribution in [-0.2, 0) is 0 Å². The third kappa shape index (κ3) is 3.93. The van der Waals surface area contributed by atoms with Gasteiger partial charge in [-0.2, -0.15) is 0 Å². The number of anilines is 1. The van der Waals surface area contributed by atoms with Crippen molar-refractivity contribution in [2.45, 2.75) is 32.5 Å². The average Bonchev–Trinajstić information content (AvgIpc) is 3.02. The summed E-state index contributed by atoms with van der Waals surface area (Å²) in [6.07, 6.45) is 1.58. The molecule has 1 aliphatic rings. The van der Waals surface area contributed by atoms with E-state index in [1.807, 2.05) is 18.7 Å². The number of hydrogen-bond donors (Lipinski definition) is 2. The van der Waals surface area contributed by atoms with E-state index in [4.69, 9.17) is 10.1 Å². The number of ether oxygens (including phenoxy) is 1. The van der Waals surface area contributed by atoms with Crippen molar-refractivity contribution in [1.82, 2.24) is 9.97 Å². The van der Waals surface area contributed by atoms with E-state index in [0.29, 0.717) is 36.6 Å². The molecule has 132 valence electrons. The van der Waals surface area contributed by atoms with Crippen molar-refractivity contribution in [2.75, 3.05) is 18.0 Å². The Morgan fingerprint density at radius 2 is 2.16 bits per heavy atom. The van der Waals surface area contributed by atoms with Crippen LogP contribution in [-0.4, -0.2) is 46.1 Å². The molecule has 0 radical (unpaired) electrons. The molecule has 2 heterocycles. The minimum atomic E-state index is -0.459. The highest BCUT2D eigenvalue weighted by molar-refractivity contribution is 6.10. The summed E-state index contributed by atoms with van der Waals surface area (Å²) >= 11 is 0. The largest absolute Gasteiger partial charge is 0.488 e. The number of hydrogen-bond acceptors (Lipinski definition) is 6. The lowest BCUT2D eigenvalue weighted by atomic mass is 10.1. The van der Waals surface area contributed by atoms with Gasteiger partial charge in [-0.3, -0.25) is 5.41 Å². The Bertz CT molecular complexity index is 781. The maximum Gasteiger partial charge on any atom is 0.165 e. The maximum atomic E-state index is 13.8. The quantitative estimate of drug-likeness (QED) is 0.814. The molecule has 3 rings (SSSR count). The molecule has 2 aromatic rings. The number of nitrogens with zero attached hydrogens (tertiary/aromatic N) is 3. The zero-order chi connectivity index (χ0) is 18.0. The third-order valence-corrected chi connectivity index (χ3v) is 3.98. The monoisotopic (exact) mass is 344 g/mol. The molecule has 0 amide bonds. The summed E-state index contributed by atoms with van der Waals surface area (Å²) < 4.78 is 19.3. The first kappa shape index (κ1) is 17.3. The van der Waals surface area contributed by atoms with E-state index >= 15 is 0 Å². The molecular weight excluding hydrogens is 323 g/mol. The molecule has 0 saturated carbocycles. The molecule has 0 spiro atoms. The van der Waals surface area contributed by atoms with Crippen LogP contribution in [0.25, 0.3) is 0 Å². The minimum Gasteiger partial charge on any atom is -0.488 e. The first-order chi connectivity index (χ1) is 11.9. The summed E-state index contributed by atoms with van der Waals surface area (Å²) in [7, 11) is 0. The molecule has 1 aromatic carbocycles. The Hall–Kier alpha value is -2.54. The Morgan fingerprint density at radius 3 is 2.84 bits per heavy atom. The van der Waals surface area contributed by atoms with Crippen molar-refractivity contribution >= 4 is 11.5 Å². The predicted octanol–water partition coefficient (Wildman–Crippen LogP) is 2.39. The average molecular weight is 344 g/mol. The molecule has 1 aliphatic heterocycles. The Morgan fingerprint density at radius 1 is 1.36 bits per heavy atom. The van der Waals surface area contributed by atoms with Crippen molar-refractivity contribution in [3.63, 3.8) is 0 Å². The van der Waals surface area contributed by atoms with Crippen LogP contribution < -0.4 is 9.64 Å². The van der Waals surface area contributed by atoms with Crippen molar-refractivity contribution in [2.24, 2.45) is 0 Å². The highest BCUT2D eigenvalue weighted by atomic mass is 19.1. The molecular formula is C18H21FN4O2. The normalized spacial score (nSPS) is 17.2. The van der Waals surface area contributed by atoms with E-state index in [9.17, 15) is 9.50 Å². The van der Waals surface area contributed by atoms with Crippen LogP contribution in [0.2, 0.25) is 0 Å². The van der Waals surface area contributed by atoms with Crippen LogP contribution in [0.4, 0.5) is 10.2 Å². The first-order valence-electron chi connectivity index (χ1n) is 8.24. The van der Waals surface area contributed by atoms with E-state index in [2.05, 4.69) is 9.97 Å². The molecule has 1 saturated heterocycles. The van der Waals surface area contributed by atoms with Gasteiger partial charge in [-0.25, -0.2) is 14.4 Å². The molecule has 7 heteroatoms. The Kier molecular flexibility index (Phi) is 4.94. The van der Waals surface area contributed by atoms with Gasteiger partial charge in [0, 0.05) is 24.7 Å². The fourth-order valence-electron chi connectivity index (χ4n) is 2.76. The fourth-order valence-corrected chi connectivity index (χ4v) is 2.76. The summed E-state index contributed by atoms with van der Waals surface area (Å²) in [5, 5.41) is 18.1. The predicted molar refractivity (Wildman–Crippen MR) is 93.0 cm³/mol. The van der Waals surface area contributed by atoms with Crippen molar-refractivity contribution in [3.05, 3.63) is 47.7 Å². The van der Waals surface area contributed by atoms with Crippen molar-refractivity contribution in [3.8, 4) is 5.75 Å². The minimum absolute atomic E-state index is 0.120. The summed E-state index contributed by atoms with van der Waals surface area (Å²) in [6.45, 7) is 4.87. The summed E-state index contributed by atoms with van der Waals surface area (Å²) in [5.41, 5.74) is 1.12. The van der Waals surface area contributed by atoms with Gasteiger partial charge >= 0.3 is 0 Å². The number of nitrogens with one attached hydrogen (secondary N) is 1. The lowest BCUT2D eigenvalue weighted by Crippen LogP contribution is -2.22. The van der Waals surface area contributed by atoms with Gasteiger partial charge in [0.15, 0.2) is 11.6 Å². The summed E-state index contributed by atoms with van der Waals surface area (Å²) in [5.74, 6) is 0.334. The van der Waals surface area contributed by atoms with Gasteiger partial charge in [0.1, 0.15) is 12.1 Å². The maximum absolute atomic E-state index is 13.8. The Labute approximate surface area is 145 Å². The van der Waals surface area contributed by atoms with E-state index in [1.54, 1.807) is 6.07 Å². The van der Waals surface area contributed by atoms with Gasteiger partial charge < -0.3 is 14.7 Å². The number of aromatic nitrogens is 2. The molecule has 1 aromatic heterocycles. The molecule has 1 fully saturated rings. The van der Waals surface area contributed by atoms with Gasteiger partial charge in [-0.05, 0) is 38.5 Å². The SMILES string of the molecule is CC(C)Oc1cc(C(=N)c2cc(N3CCC(O)C3)ncn2)ccc1F. The fraction of sp³-hybridized carbons (Fsp3) is 0.389. The van der Waals surface area contributed by atoms with Crippen molar-refractivity contribution < 1.29 is 14.2 Å². The topological polar surface area (TPSA) is 82.3 Å². The van der Waals surface area contributed by atoms with Crippen LogP contribution in [0.5, 0.6) is 5.75 Å². The van der Waals surface area contributed by atoms with Crippen molar-refractivity contribution in [1.29, 1.82) is 5.41 Å². The summed E-state index contributed by atoms with van der Waals surface area (Å²) in [6, 6.07) is 6.05. The van der Waals surface area contributed by atoms with E-state index in [-0.39, 0.29) is 23.7 Å². The van der Waals surface area contributed by atoms with Crippen LogP contribution in [0.1, 0.15) is 31.5 Å². The number of aliphatic hydroxyl groups excluding tert-OH is 1. The number of halogens is 1. The highest BCUT2D eigenvalue weighted by Gasteiger charge is 2.22. The van der Waals surface area contributed by atoms with E-state index in [1.165, 1.54) is 24.5 Å². The number of β-amino-alcohol motifs (C(OH)–C–C–N with tert-alkyl or cyclic N) is 1. The number of rotatable bonds is 5. The first-order valence-corrected chi connectivity index (χ1v) is 8.24. The van der Waals surface area contributed by atoms with Crippen LogP contribution >= 0.6 is 0 Å².